The lowest BCUT2D eigenvalue weighted by Crippen LogP contribution is -2.60. The smallest absolute Gasteiger partial charge is 0.146 e. The van der Waals surface area contributed by atoms with Gasteiger partial charge in [-0.3, -0.25) is 0 Å². The Morgan fingerprint density at radius 3 is 2.65 bits per heavy atom. The van der Waals surface area contributed by atoms with Crippen LogP contribution in [0.4, 0.5) is 10.1 Å². The van der Waals surface area contributed by atoms with Gasteiger partial charge in [-0.25, -0.2) is 4.39 Å². The number of piperazine rings is 1. The van der Waals surface area contributed by atoms with Gasteiger partial charge >= 0.3 is 0 Å². The van der Waals surface area contributed by atoms with Crippen LogP contribution in [-0.4, -0.2) is 25.2 Å². The summed E-state index contributed by atoms with van der Waals surface area (Å²) in [5.74, 6) is -0.115. The van der Waals surface area contributed by atoms with Crippen molar-refractivity contribution in [1.82, 2.24) is 5.32 Å². The van der Waals surface area contributed by atoms with E-state index in [1.807, 2.05) is 12.1 Å². The Balaban J connectivity index is 2.20. The maximum absolute atomic E-state index is 13.8. The molecule has 1 aliphatic rings. The van der Waals surface area contributed by atoms with Crippen LogP contribution in [0, 0.1) is 5.82 Å². The standard InChI is InChI=1S/C14H21FN2/c1-3-14(4-2)11-17(10-9-16-14)13-8-6-5-7-12(13)15/h5-8,16H,3-4,9-11H2,1-2H3. The first-order valence-electron chi connectivity index (χ1n) is 6.45. The van der Waals surface area contributed by atoms with E-state index in [1.54, 1.807) is 6.07 Å². The number of hydrogen-bond acceptors (Lipinski definition) is 2. The zero-order valence-corrected chi connectivity index (χ0v) is 10.7. The highest BCUT2D eigenvalue weighted by molar-refractivity contribution is 5.48. The average Bonchev–Trinajstić information content (AvgIpc) is 2.39. The predicted molar refractivity (Wildman–Crippen MR) is 69.9 cm³/mol. The predicted octanol–water partition coefficient (Wildman–Crippen LogP) is 2.79. The molecule has 1 N–H and O–H groups in total. The van der Waals surface area contributed by atoms with E-state index in [4.69, 9.17) is 0 Å². The Labute approximate surface area is 103 Å². The van der Waals surface area contributed by atoms with Crippen LogP contribution < -0.4 is 10.2 Å². The molecule has 1 aromatic rings. The minimum Gasteiger partial charge on any atom is -0.366 e. The zero-order valence-electron chi connectivity index (χ0n) is 10.7. The summed E-state index contributed by atoms with van der Waals surface area (Å²) in [4.78, 5) is 2.17. The quantitative estimate of drug-likeness (QED) is 0.868. The first kappa shape index (κ1) is 12.4. The number of anilines is 1. The van der Waals surface area contributed by atoms with Crippen molar-refractivity contribution in [3.05, 3.63) is 30.1 Å². The van der Waals surface area contributed by atoms with Gasteiger partial charge < -0.3 is 10.2 Å². The molecule has 1 saturated heterocycles. The fraction of sp³-hybridized carbons (Fsp3) is 0.571. The molecule has 1 aromatic carbocycles. The maximum Gasteiger partial charge on any atom is 0.146 e. The van der Waals surface area contributed by atoms with Crippen LogP contribution in [-0.2, 0) is 0 Å². The van der Waals surface area contributed by atoms with Gasteiger partial charge in [0.2, 0.25) is 0 Å². The molecule has 17 heavy (non-hydrogen) atoms. The van der Waals surface area contributed by atoms with Gasteiger partial charge in [0, 0.05) is 25.2 Å². The summed E-state index contributed by atoms with van der Waals surface area (Å²) in [5.41, 5.74) is 0.876. The third-order valence-corrected chi connectivity index (χ3v) is 3.92. The third-order valence-electron chi connectivity index (χ3n) is 3.92. The third kappa shape index (κ3) is 2.44. The van der Waals surface area contributed by atoms with E-state index >= 15 is 0 Å². The van der Waals surface area contributed by atoms with Crippen molar-refractivity contribution in [1.29, 1.82) is 0 Å². The van der Waals surface area contributed by atoms with Crippen LogP contribution in [0.2, 0.25) is 0 Å². The fourth-order valence-corrected chi connectivity index (χ4v) is 2.59. The second-order valence-corrected chi connectivity index (χ2v) is 4.79. The lowest BCUT2D eigenvalue weighted by molar-refractivity contribution is 0.276. The van der Waals surface area contributed by atoms with Crippen molar-refractivity contribution >= 4 is 5.69 Å². The summed E-state index contributed by atoms with van der Waals surface area (Å²) in [7, 11) is 0. The highest BCUT2D eigenvalue weighted by Gasteiger charge is 2.32. The lowest BCUT2D eigenvalue weighted by atomic mass is 9.90. The van der Waals surface area contributed by atoms with Crippen molar-refractivity contribution in [3.8, 4) is 0 Å². The topological polar surface area (TPSA) is 15.3 Å². The molecule has 94 valence electrons. The number of rotatable bonds is 3. The second-order valence-electron chi connectivity index (χ2n) is 4.79. The summed E-state index contributed by atoms with van der Waals surface area (Å²) in [5, 5.41) is 3.59. The molecule has 0 bridgehead atoms. The maximum atomic E-state index is 13.8. The number of halogens is 1. The van der Waals surface area contributed by atoms with E-state index in [0.717, 1.165) is 38.2 Å². The Hall–Kier alpha value is -1.09. The molecule has 0 radical (unpaired) electrons. The molecule has 1 fully saturated rings. The molecule has 2 rings (SSSR count). The Bertz CT molecular complexity index is 374. The minimum absolute atomic E-state index is 0.115. The SMILES string of the molecule is CCC1(CC)CN(c2ccccc2F)CCN1. The zero-order chi connectivity index (χ0) is 12.3. The van der Waals surface area contributed by atoms with Gasteiger partial charge in [0.15, 0.2) is 0 Å². The van der Waals surface area contributed by atoms with Gasteiger partial charge in [-0.05, 0) is 25.0 Å². The minimum atomic E-state index is -0.115. The number of nitrogens with zero attached hydrogens (tertiary/aromatic N) is 1. The van der Waals surface area contributed by atoms with Crippen LogP contribution in [0.5, 0.6) is 0 Å². The molecule has 0 saturated carbocycles. The van der Waals surface area contributed by atoms with Gasteiger partial charge in [0.1, 0.15) is 5.82 Å². The van der Waals surface area contributed by atoms with Gasteiger partial charge in [-0.15, -0.1) is 0 Å². The second kappa shape index (κ2) is 5.05. The Morgan fingerprint density at radius 1 is 1.29 bits per heavy atom. The van der Waals surface area contributed by atoms with E-state index < -0.39 is 0 Å². The Kier molecular flexibility index (Phi) is 3.67. The molecule has 3 heteroatoms. The van der Waals surface area contributed by atoms with Crippen molar-refractivity contribution in [2.24, 2.45) is 0 Å². The molecule has 0 unspecified atom stereocenters. The normalized spacial score (nSPS) is 19.4. The van der Waals surface area contributed by atoms with Gasteiger partial charge in [-0.2, -0.15) is 0 Å². The van der Waals surface area contributed by atoms with E-state index in [-0.39, 0.29) is 11.4 Å². The molecule has 1 heterocycles. The summed E-state index contributed by atoms with van der Waals surface area (Å²) < 4.78 is 13.8. The Morgan fingerprint density at radius 2 is 2.00 bits per heavy atom. The molecular formula is C14H21FN2. The lowest BCUT2D eigenvalue weighted by Gasteiger charge is -2.44. The molecule has 0 spiro atoms. The molecular weight excluding hydrogens is 215 g/mol. The van der Waals surface area contributed by atoms with Crippen molar-refractivity contribution in [2.75, 3.05) is 24.5 Å². The van der Waals surface area contributed by atoms with Crippen molar-refractivity contribution in [3.63, 3.8) is 0 Å². The van der Waals surface area contributed by atoms with Crippen LogP contribution in [0.25, 0.3) is 0 Å². The van der Waals surface area contributed by atoms with Crippen LogP contribution in [0.1, 0.15) is 26.7 Å². The van der Waals surface area contributed by atoms with Gasteiger partial charge in [0.05, 0.1) is 5.69 Å². The molecule has 0 aromatic heterocycles. The summed E-state index contributed by atoms with van der Waals surface area (Å²) >= 11 is 0. The molecule has 1 aliphatic heterocycles. The van der Waals surface area contributed by atoms with E-state index in [9.17, 15) is 4.39 Å². The molecule has 2 nitrogen and oxygen atoms in total. The first-order valence-corrected chi connectivity index (χ1v) is 6.45. The van der Waals surface area contributed by atoms with E-state index in [1.165, 1.54) is 6.07 Å². The highest BCUT2D eigenvalue weighted by atomic mass is 19.1. The number of hydrogen-bond donors (Lipinski definition) is 1. The van der Waals surface area contributed by atoms with Crippen LogP contribution in [0.15, 0.2) is 24.3 Å². The molecule has 0 aliphatic carbocycles. The van der Waals surface area contributed by atoms with E-state index in [2.05, 4.69) is 24.1 Å². The van der Waals surface area contributed by atoms with Gasteiger partial charge in [-0.1, -0.05) is 26.0 Å². The first-order chi connectivity index (χ1) is 8.21. The van der Waals surface area contributed by atoms with Crippen LogP contribution in [0.3, 0.4) is 0 Å². The van der Waals surface area contributed by atoms with Crippen LogP contribution >= 0.6 is 0 Å². The average molecular weight is 236 g/mol. The van der Waals surface area contributed by atoms with Crippen molar-refractivity contribution < 1.29 is 4.39 Å². The van der Waals surface area contributed by atoms with E-state index in [0.29, 0.717) is 0 Å². The monoisotopic (exact) mass is 236 g/mol. The summed E-state index contributed by atoms with van der Waals surface area (Å²) in [6.07, 6.45) is 2.16. The highest BCUT2D eigenvalue weighted by Crippen LogP contribution is 2.26. The summed E-state index contributed by atoms with van der Waals surface area (Å²) in [6, 6.07) is 7.06. The number of nitrogens with one attached hydrogen (secondary N) is 1. The largest absolute Gasteiger partial charge is 0.366 e. The molecule has 0 atom stereocenters. The summed E-state index contributed by atoms with van der Waals surface area (Å²) in [6.45, 7) is 7.09. The fourth-order valence-electron chi connectivity index (χ4n) is 2.59. The molecule has 0 amide bonds. The number of benzene rings is 1. The number of para-hydroxylation sites is 1. The van der Waals surface area contributed by atoms with Crippen molar-refractivity contribution in [2.45, 2.75) is 32.2 Å². The van der Waals surface area contributed by atoms with Gasteiger partial charge in [0.25, 0.3) is 0 Å².